The summed E-state index contributed by atoms with van der Waals surface area (Å²) in [5.41, 5.74) is 1.90. The molecule has 2 fully saturated rings. The van der Waals surface area contributed by atoms with E-state index in [9.17, 15) is 14.4 Å². The van der Waals surface area contributed by atoms with E-state index in [4.69, 9.17) is 0 Å². The number of hydrogen-bond acceptors (Lipinski definition) is 3. The van der Waals surface area contributed by atoms with Crippen molar-refractivity contribution in [2.45, 2.75) is 71.3 Å². The second-order valence-corrected chi connectivity index (χ2v) is 9.59. The number of hydrogen-bond donors (Lipinski definition) is 0. The van der Waals surface area contributed by atoms with Gasteiger partial charge in [0.25, 0.3) is 0 Å². The first-order valence-corrected chi connectivity index (χ1v) is 11.9. The molecule has 0 aromatic heterocycles. The Labute approximate surface area is 185 Å². The first kappa shape index (κ1) is 21.8. The van der Waals surface area contributed by atoms with Gasteiger partial charge < -0.3 is 0 Å². The largest absolute Gasteiger partial charge is 0.333 e. The lowest BCUT2D eigenvalue weighted by atomic mass is 9.85. The number of amides is 4. The molecule has 0 aromatic rings. The first-order chi connectivity index (χ1) is 15.0. The molecule has 4 aliphatic rings. The van der Waals surface area contributed by atoms with Crippen LogP contribution in [0.4, 0.5) is 4.79 Å². The third-order valence-corrected chi connectivity index (χ3v) is 7.01. The van der Waals surface area contributed by atoms with Crippen LogP contribution in [-0.2, 0) is 9.59 Å². The minimum atomic E-state index is -0.891. The number of nitrogens with zero attached hydrogens (tertiary/aromatic N) is 2. The minimum Gasteiger partial charge on any atom is -0.273 e. The standard InChI is InChI=1S/C26H34N2O3/c1-18-11-13-21(14-12-18)23-24(29)27(16-15-20-8-6-7-19(2)17-20)26(31)28(25(23)30)22-9-4-3-5-10-22/h6,8,11,13-14,17-19,22-23H,3-5,7,9-10,12,15-16H2,1-2H3. The lowest BCUT2D eigenvalue weighted by Crippen LogP contribution is -2.63. The Hall–Kier alpha value is -2.43. The van der Waals surface area contributed by atoms with Crippen molar-refractivity contribution in [3.05, 3.63) is 47.6 Å². The molecule has 0 N–H and O–H groups in total. The highest BCUT2D eigenvalue weighted by molar-refractivity contribution is 6.18. The van der Waals surface area contributed by atoms with Crippen molar-refractivity contribution in [1.29, 1.82) is 0 Å². The molecule has 0 spiro atoms. The van der Waals surface area contributed by atoms with Crippen molar-refractivity contribution in [3.8, 4) is 0 Å². The van der Waals surface area contributed by atoms with Gasteiger partial charge in [-0.2, -0.15) is 0 Å². The van der Waals surface area contributed by atoms with Crippen LogP contribution in [0, 0.1) is 17.8 Å². The van der Waals surface area contributed by atoms with Crippen LogP contribution in [-0.4, -0.2) is 40.2 Å². The van der Waals surface area contributed by atoms with Gasteiger partial charge in [0.05, 0.1) is 0 Å². The molecule has 0 bridgehead atoms. The maximum absolute atomic E-state index is 13.5. The van der Waals surface area contributed by atoms with Crippen molar-refractivity contribution in [1.82, 2.24) is 9.80 Å². The monoisotopic (exact) mass is 422 g/mol. The molecule has 3 atom stereocenters. The molecule has 1 saturated carbocycles. The topological polar surface area (TPSA) is 57.7 Å². The summed E-state index contributed by atoms with van der Waals surface area (Å²) >= 11 is 0. The quantitative estimate of drug-likeness (QED) is 0.575. The fourth-order valence-electron chi connectivity index (χ4n) is 5.17. The molecule has 1 heterocycles. The van der Waals surface area contributed by atoms with Crippen LogP contribution < -0.4 is 0 Å². The van der Waals surface area contributed by atoms with Crippen LogP contribution >= 0.6 is 0 Å². The number of allylic oxidation sites excluding steroid dienone is 6. The summed E-state index contributed by atoms with van der Waals surface area (Å²) in [5.74, 6) is -0.704. The minimum absolute atomic E-state index is 0.0900. The molecule has 31 heavy (non-hydrogen) atoms. The van der Waals surface area contributed by atoms with Crippen LogP contribution in [0.3, 0.4) is 0 Å². The summed E-state index contributed by atoms with van der Waals surface area (Å²) in [6.45, 7) is 4.61. The Morgan fingerprint density at radius 3 is 2.39 bits per heavy atom. The van der Waals surface area contributed by atoms with Crippen molar-refractivity contribution in [3.63, 3.8) is 0 Å². The Balaban J connectivity index is 1.60. The van der Waals surface area contributed by atoms with Gasteiger partial charge in [-0.05, 0) is 49.5 Å². The summed E-state index contributed by atoms with van der Waals surface area (Å²) in [6, 6.07) is -0.506. The van der Waals surface area contributed by atoms with Crippen LogP contribution in [0.25, 0.3) is 0 Å². The molecule has 4 rings (SSSR count). The van der Waals surface area contributed by atoms with Crippen LogP contribution in [0.2, 0.25) is 0 Å². The molecular weight excluding hydrogens is 388 g/mol. The van der Waals surface area contributed by atoms with E-state index in [0.717, 1.165) is 56.1 Å². The van der Waals surface area contributed by atoms with Crippen molar-refractivity contribution < 1.29 is 14.4 Å². The molecule has 0 radical (unpaired) electrons. The lowest BCUT2D eigenvalue weighted by Gasteiger charge is -2.42. The Morgan fingerprint density at radius 1 is 0.935 bits per heavy atom. The number of carbonyl (C=O) groups is 3. The van der Waals surface area contributed by atoms with Gasteiger partial charge in [-0.3, -0.25) is 19.4 Å². The van der Waals surface area contributed by atoms with Gasteiger partial charge in [-0.15, -0.1) is 0 Å². The highest BCUT2D eigenvalue weighted by Gasteiger charge is 2.49. The van der Waals surface area contributed by atoms with Gasteiger partial charge in [-0.25, -0.2) is 4.79 Å². The van der Waals surface area contributed by atoms with E-state index in [1.54, 1.807) is 0 Å². The fourth-order valence-corrected chi connectivity index (χ4v) is 5.17. The van der Waals surface area contributed by atoms with Crippen LogP contribution in [0.5, 0.6) is 0 Å². The normalized spacial score (nSPS) is 30.0. The summed E-state index contributed by atoms with van der Waals surface area (Å²) in [7, 11) is 0. The van der Waals surface area contributed by atoms with E-state index in [1.807, 2.05) is 12.2 Å². The van der Waals surface area contributed by atoms with E-state index in [2.05, 4.69) is 38.2 Å². The molecule has 3 aliphatic carbocycles. The van der Waals surface area contributed by atoms with Crippen LogP contribution in [0.1, 0.15) is 65.2 Å². The predicted octanol–water partition coefficient (Wildman–Crippen LogP) is 5.16. The predicted molar refractivity (Wildman–Crippen MR) is 121 cm³/mol. The summed E-state index contributed by atoms with van der Waals surface area (Å²) < 4.78 is 0. The third-order valence-electron chi connectivity index (χ3n) is 7.01. The molecule has 5 nitrogen and oxygen atoms in total. The van der Waals surface area contributed by atoms with Gasteiger partial charge in [-0.1, -0.05) is 75.1 Å². The zero-order valence-electron chi connectivity index (χ0n) is 18.8. The smallest absolute Gasteiger partial charge is 0.273 e. The van der Waals surface area contributed by atoms with E-state index < -0.39 is 11.9 Å². The SMILES string of the molecule is CC1C=CC(C2C(=O)N(CCC3=CC(C)CC=C3)C(=O)N(C3CCCCC3)C2=O)=CC1. The second-order valence-electron chi connectivity index (χ2n) is 9.59. The summed E-state index contributed by atoms with van der Waals surface area (Å²) in [6.07, 6.45) is 19.8. The van der Waals surface area contributed by atoms with Gasteiger partial charge in [0.1, 0.15) is 5.92 Å². The van der Waals surface area contributed by atoms with Gasteiger partial charge >= 0.3 is 6.03 Å². The van der Waals surface area contributed by atoms with Crippen molar-refractivity contribution in [2.75, 3.05) is 6.54 Å². The fraction of sp³-hybridized carbons (Fsp3) is 0.577. The molecule has 3 unspecified atom stereocenters. The molecule has 1 aliphatic heterocycles. The molecule has 0 aromatic carbocycles. The summed E-state index contributed by atoms with van der Waals surface area (Å²) in [5, 5.41) is 0. The second kappa shape index (κ2) is 9.37. The maximum Gasteiger partial charge on any atom is 0.333 e. The highest BCUT2D eigenvalue weighted by Crippen LogP contribution is 2.33. The number of rotatable bonds is 5. The molecular formula is C26H34N2O3. The van der Waals surface area contributed by atoms with Gasteiger partial charge in [0, 0.05) is 12.6 Å². The van der Waals surface area contributed by atoms with Crippen LogP contribution in [0.15, 0.2) is 47.6 Å². The van der Waals surface area contributed by atoms with E-state index in [-0.39, 0.29) is 17.9 Å². The number of imide groups is 2. The van der Waals surface area contributed by atoms with E-state index >= 15 is 0 Å². The van der Waals surface area contributed by atoms with Gasteiger partial charge in [0.15, 0.2) is 0 Å². The number of carbonyl (C=O) groups excluding carboxylic acids is 3. The Kier molecular flexibility index (Phi) is 6.59. The molecule has 1 saturated heterocycles. The molecule has 5 heteroatoms. The first-order valence-electron chi connectivity index (χ1n) is 11.9. The van der Waals surface area contributed by atoms with E-state index in [1.165, 1.54) is 9.80 Å². The van der Waals surface area contributed by atoms with Gasteiger partial charge in [0.2, 0.25) is 11.8 Å². The Bertz CT molecular complexity index is 860. The number of barbiturate groups is 1. The van der Waals surface area contributed by atoms with Crippen molar-refractivity contribution in [2.24, 2.45) is 17.8 Å². The summed E-state index contributed by atoms with van der Waals surface area (Å²) in [4.78, 5) is 43.1. The zero-order valence-corrected chi connectivity index (χ0v) is 18.8. The average molecular weight is 423 g/mol. The molecule has 166 valence electrons. The van der Waals surface area contributed by atoms with E-state index in [0.29, 0.717) is 24.8 Å². The lowest BCUT2D eigenvalue weighted by molar-refractivity contribution is -0.149. The maximum atomic E-state index is 13.5. The third kappa shape index (κ3) is 4.60. The highest BCUT2D eigenvalue weighted by atomic mass is 16.2. The van der Waals surface area contributed by atoms with Crippen molar-refractivity contribution >= 4 is 17.8 Å². The number of urea groups is 1. The Morgan fingerprint density at radius 2 is 1.71 bits per heavy atom. The average Bonchev–Trinajstić information content (AvgIpc) is 2.76. The zero-order chi connectivity index (χ0) is 22.0. The molecule has 4 amide bonds.